The highest BCUT2D eigenvalue weighted by atomic mass is 79.9. The third kappa shape index (κ3) is 1.99. The lowest BCUT2D eigenvalue weighted by molar-refractivity contribution is 0.418. The van der Waals surface area contributed by atoms with Gasteiger partial charge in [0.25, 0.3) is 0 Å². The van der Waals surface area contributed by atoms with Crippen LogP contribution in [0, 0.1) is 11.7 Å². The van der Waals surface area contributed by atoms with E-state index in [0.717, 1.165) is 5.39 Å². The highest BCUT2D eigenvalue weighted by Gasteiger charge is 2.17. The average molecular weight is 286 g/mol. The molecule has 86 valence electrons. The summed E-state index contributed by atoms with van der Waals surface area (Å²) in [5.41, 5.74) is 6.63. The van der Waals surface area contributed by atoms with Crippen molar-refractivity contribution in [1.29, 1.82) is 0 Å². The van der Waals surface area contributed by atoms with Crippen LogP contribution < -0.4 is 5.73 Å². The Bertz CT molecular complexity index is 521. The molecule has 0 aliphatic carbocycles. The molecule has 1 aromatic heterocycles. The van der Waals surface area contributed by atoms with Crippen LogP contribution >= 0.6 is 15.9 Å². The molecule has 0 aliphatic heterocycles. The van der Waals surface area contributed by atoms with Crippen LogP contribution in [0.5, 0.6) is 0 Å². The maximum Gasteiger partial charge on any atom is 0.148 e. The van der Waals surface area contributed by atoms with E-state index in [9.17, 15) is 4.39 Å². The molecule has 2 N–H and O–H groups in total. The van der Waals surface area contributed by atoms with Gasteiger partial charge in [-0.2, -0.15) is 0 Å². The van der Waals surface area contributed by atoms with Gasteiger partial charge in [0.05, 0.1) is 10.5 Å². The number of halogens is 2. The molecular weight excluding hydrogens is 273 g/mol. The molecule has 0 radical (unpaired) electrons. The van der Waals surface area contributed by atoms with Gasteiger partial charge in [-0.15, -0.1) is 0 Å². The van der Waals surface area contributed by atoms with E-state index in [0.29, 0.717) is 15.8 Å². The molecule has 0 saturated carbocycles. The standard InChI is InChI=1S/C12H13BrFNO/c1-6(2)11(15)10-4-7-3-8(14)5-9(13)12(7)16-10/h3-6,11H,15H2,1-2H3. The number of hydrogen-bond acceptors (Lipinski definition) is 2. The molecule has 0 amide bonds. The summed E-state index contributed by atoms with van der Waals surface area (Å²) in [5.74, 6) is 0.685. The Morgan fingerprint density at radius 3 is 2.62 bits per heavy atom. The van der Waals surface area contributed by atoms with E-state index >= 15 is 0 Å². The van der Waals surface area contributed by atoms with Crippen LogP contribution in [0.25, 0.3) is 11.0 Å². The molecule has 1 atom stereocenters. The number of fused-ring (bicyclic) bond motifs is 1. The van der Waals surface area contributed by atoms with Crippen LogP contribution in [-0.4, -0.2) is 0 Å². The minimum absolute atomic E-state index is 0.164. The van der Waals surface area contributed by atoms with Crippen LogP contribution in [0.15, 0.2) is 27.1 Å². The monoisotopic (exact) mass is 285 g/mol. The van der Waals surface area contributed by atoms with Gasteiger partial charge in [0.15, 0.2) is 0 Å². The highest BCUT2D eigenvalue weighted by molar-refractivity contribution is 9.10. The van der Waals surface area contributed by atoms with Crippen molar-refractivity contribution in [2.24, 2.45) is 11.7 Å². The Kier molecular flexibility index (Phi) is 3.04. The second-order valence-electron chi connectivity index (χ2n) is 4.22. The Balaban J connectivity index is 2.56. The smallest absolute Gasteiger partial charge is 0.148 e. The Labute approximate surface area is 102 Å². The minimum atomic E-state index is -0.287. The van der Waals surface area contributed by atoms with E-state index in [1.165, 1.54) is 12.1 Å². The third-order valence-electron chi connectivity index (χ3n) is 2.60. The zero-order valence-electron chi connectivity index (χ0n) is 9.13. The highest BCUT2D eigenvalue weighted by Crippen LogP contribution is 2.31. The first kappa shape index (κ1) is 11.6. The van der Waals surface area contributed by atoms with Crippen LogP contribution in [0.3, 0.4) is 0 Å². The molecule has 16 heavy (non-hydrogen) atoms. The first-order valence-corrected chi connectivity index (χ1v) is 5.92. The summed E-state index contributed by atoms with van der Waals surface area (Å²) in [6.07, 6.45) is 0. The number of hydrogen-bond donors (Lipinski definition) is 1. The summed E-state index contributed by atoms with van der Waals surface area (Å²) in [6.45, 7) is 4.04. The van der Waals surface area contributed by atoms with Gasteiger partial charge in [-0.25, -0.2) is 4.39 Å². The summed E-state index contributed by atoms with van der Waals surface area (Å²) in [4.78, 5) is 0. The second-order valence-corrected chi connectivity index (χ2v) is 5.08. The molecule has 0 bridgehead atoms. The molecule has 0 aliphatic rings. The summed E-state index contributed by atoms with van der Waals surface area (Å²) in [7, 11) is 0. The van der Waals surface area contributed by atoms with E-state index in [-0.39, 0.29) is 17.8 Å². The van der Waals surface area contributed by atoms with Gasteiger partial charge >= 0.3 is 0 Å². The summed E-state index contributed by atoms with van der Waals surface area (Å²) >= 11 is 3.27. The summed E-state index contributed by atoms with van der Waals surface area (Å²) < 4.78 is 19.4. The molecular formula is C12H13BrFNO. The fourth-order valence-electron chi connectivity index (χ4n) is 1.59. The number of nitrogens with two attached hydrogens (primary N) is 1. The Morgan fingerprint density at radius 2 is 2.00 bits per heavy atom. The van der Waals surface area contributed by atoms with Gasteiger partial charge in [0, 0.05) is 5.39 Å². The second kappa shape index (κ2) is 4.18. The first-order chi connectivity index (χ1) is 7.49. The topological polar surface area (TPSA) is 39.2 Å². The van der Waals surface area contributed by atoms with Gasteiger partial charge in [0.1, 0.15) is 17.2 Å². The van der Waals surface area contributed by atoms with E-state index in [1.807, 2.05) is 13.8 Å². The normalized spacial score (nSPS) is 13.6. The molecule has 1 aromatic carbocycles. The molecule has 2 aromatic rings. The van der Waals surface area contributed by atoms with E-state index in [4.69, 9.17) is 10.2 Å². The SMILES string of the molecule is CC(C)C(N)c1cc2cc(F)cc(Br)c2o1. The first-order valence-electron chi connectivity index (χ1n) is 5.13. The molecule has 2 rings (SSSR count). The van der Waals surface area contributed by atoms with Crippen molar-refractivity contribution in [2.45, 2.75) is 19.9 Å². The van der Waals surface area contributed by atoms with E-state index in [2.05, 4.69) is 15.9 Å². The quantitative estimate of drug-likeness (QED) is 0.906. The Morgan fingerprint density at radius 1 is 1.31 bits per heavy atom. The van der Waals surface area contributed by atoms with Crippen molar-refractivity contribution < 1.29 is 8.81 Å². The molecule has 0 saturated heterocycles. The van der Waals surface area contributed by atoms with Crippen LogP contribution in [0.2, 0.25) is 0 Å². The van der Waals surface area contributed by atoms with Crippen LogP contribution in [0.1, 0.15) is 25.6 Å². The van der Waals surface area contributed by atoms with Crippen molar-refractivity contribution in [3.05, 3.63) is 34.2 Å². The van der Waals surface area contributed by atoms with Crippen molar-refractivity contribution in [3.63, 3.8) is 0 Å². The van der Waals surface area contributed by atoms with E-state index in [1.54, 1.807) is 6.07 Å². The lowest BCUT2D eigenvalue weighted by Crippen LogP contribution is -2.15. The largest absolute Gasteiger partial charge is 0.458 e. The number of furan rings is 1. The molecule has 4 heteroatoms. The lowest BCUT2D eigenvalue weighted by Gasteiger charge is -2.11. The van der Waals surface area contributed by atoms with Gasteiger partial charge in [-0.3, -0.25) is 0 Å². The maximum atomic E-state index is 13.2. The van der Waals surface area contributed by atoms with Gasteiger partial charge in [0.2, 0.25) is 0 Å². The third-order valence-corrected chi connectivity index (χ3v) is 3.19. The van der Waals surface area contributed by atoms with Crippen molar-refractivity contribution >= 4 is 26.9 Å². The molecule has 0 spiro atoms. The predicted molar refractivity (Wildman–Crippen MR) is 65.6 cm³/mol. The van der Waals surface area contributed by atoms with Crippen LogP contribution in [0.4, 0.5) is 4.39 Å². The summed E-state index contributed by atoms with van der Waals surface area (Å²) in [5, 5.41) is 0.734. The number of rotatable bonds is 2. The van der Waals surface area contributed by atoms with Gasteiger partial charge in [-0.05, 0) is 40.0 Å². The molecule has 2 nitrogen and oxygen atoms in total. The fraction of sp³-hybridized carbons (Fsp3) is 0.333. The van der Waals surface area contributed by atoms with Crippen molar-refractivity contribution in [1.82, 2.24) is 0 Å². The lowest BCUT2D eigenvalue weighted by atomic mass is 10.0. The van der Waals surface area contributed by atoms with Crippen molar-refractivity contribution in [3.8, 4) is 0 Å². The molecule has 0 fully saturated rings. The molecule has 1 heterocycles. The fourth-order valence-corrected chi connectivity index (χ4v) is 2.12. The van der Waals surface area contributed by atoms with Crippen LogP contribution in [-0.2, 0) is 0 Å². The zero-order valence-corrected chi connectivity index (χ0v) is 10.7. The predicted octanol–water partition coefficient (Wildman–Crippen LogP) is 3.99. The van der Waals surface area contributed by atoms with Crippen molar-refractivity contribution in [2.75, 3.05) is 0 Å². The zero-order chi connectivity index (χ0) is 11.9. The van der Waals surface area contributed by atoms with E-state index < -0.39 is 0 Å². The average Bonchev–Trinajstić information content (AvgIpc) is 2.60. The maximum absolute atomic E-state index is 13.2. The summed E-state index contributed by atoms with van der Waals surface area (Å²) in [6, 6.07) is 4.46. The van der Waals surface area contributed by atoms with Gasteiger partial charge in [-0.1, -0.05) is 13.8 Å². The molecule has 1 unspecified atom stereocenters. The minimum Gasteiger partial charge on any atom is -0.458 e. The Hall–Kier alpha value is -0.870. The van der Waals surface area contributed by atoms with Gasteiger partial charge < -0.3 is 10.2 Å². The number of benzene rings is 1.